The maximum Gasteiger partial charge on any atom is 0.303 e. The minimum absolute atomic E-state index is 0.0762. The number of hydrogen-bond acceptors (Lipinski definition) is 2. The fourth-order valence-corrected chi connectivity index (χ4v) is 1.70. The average Bonchev–Trinajstić information content (AvgIpc) is 1.94. The van der Waals surface area contributed by atoms with Crippen molar-refractivity contribution in [2.24, 2.45) is 0 Å². The number of carboxylic acids is 1. The van der Waals surface area contributed by atoms with Crippen molar-refractivity contribution in [2.45, 2.75) is 44.6 Å². The van der Waals surface area contributed by atoms with Crippen molar-refractivity contribution >= 4 is 5.97 Å². The highest BCUT2D eigenvalue weighted by atomic mass is 16.5. The largest absolute Gasteiger partial charge is 0.481 e. The second-order valence-corrected chi connectivity index (χ2v) is 3.43. The Balaban J connectivity index is 2.29. The number of carboxylic acid groups (broad SMARTS) is 1. The highest BCUT2D eigenvalue weighted by Gasteiger charge is 2.37. The first-order chi connectivity index (χ1) is 5.68. The SMILES string of the molecule is CCCC1(CCC(=O)O)CCO1. The molecule has 0 radical (unpaired) electrons. The van der Waals surface area contributed by atoms with E-state index in [0.717, 1.165) is 25.9 Å². The average molecular weight is 172 g/mol. The first-order valence-corrected chi connectivity index (χ1v) is 4.54. The van der Waals surface area contributed by atoms with E-state index >= 15 is 0 Å². The van der Waals surface area contributed by atoms with Crippen molar-refractivity contribution < 1.29 is 14.6 Å². The minimum atomic E-state index is -0.721. The van der Waals surface area contributed by atoms with Crippen molar-refractivity contribution in [3.05, 3.63) is 0 Å². The molecule has 1 N–H and O–H groups in total. The van der Waals surface area contributed by atoms with Crippen LogP contribution < -0.4 is 0 Å². The van der Waals surface area contributed by atoms with Gasteiger partial charge in [-0.25, -0.2) is 0 Å². The maximum absolute atomic E-state index is 10.3. The van der Waals surface area contributed by atoms with Crippen molar-refractivity contribution in [1.29, 1.82) is 0 Å². The zero-order valence-corrected chi connectivity index (χ0v) is 7.51. The third-order valence-electron chi connectivity index (χ3n) is 2.47. The Hall–Kier alpha value is -0.570. The molecule has 1 heterocycles. The van der Waals surface area contributed by atoms with E-state index in [1.165, 1.54) is 0 Å². The molecule has 0 amide bonds. The highest BCUT2D eigenvalue weighted by molar-refractivity contribution is 5.66. The van der Waals surface area contributed by atoms with E-state index < -0.39 is 5.97 Å². The summed E-state index contributed by atoms with van der Waals surface area (Å²) in [6, 6.07) is 0. The minimum Gasteiger partial charge on any atom is -0.481 e. The van der Waals surface area contributed by atoms with Gasteiger partial charge in [0.2, 0.25) is 0 Å². The summed E-state index contributed by atoms with van der Waals surface area (Å²) in [5.41, 5.74) is -0.0762. The summed E-state index contributed by atoms with van der Waals surface area (Å²) in [7, 11) is 0. The van der Waals surface area contributed by atoms with E-state index in [1.807, 2.05) is 0 Å². The van der Waals surface area contributed by atoms with Crippen LogP contribution in [0.4, 0.5) is 0 Å². The zero-order chi connectivity index (χ0) is 9.03. The third kappa shape index (κ3) is 2.21. The Morgan fingerprint density at radius 2 is 2.25 bits per heavy atom. The van der Waals surface area contributed by atoms with Gasteiger partial charge in [-0.3, -0.25) is 4.79 Å². The van der Waals surface area contributed by atoms with E-state index in [4.69, 9.17) is 9.84 Å². The Morgan fingerprint density at radius 1 is 1.58 bits per heavy atom. The number of ether oxygens (including phenoxy) is 1. The van der Waals surface area contributed by atoms with E-state index in [-0.39, 0.29) is 12.0 Å². The summed E-state index contributed by atoms with van der Waals surface area (Å²) in [5.74, 6) is -0.721. The fourth-order valence-electron chi connectivity index (χ4n) is 1.70. The molecule has 0 bridgehead atoms. The molecule has 1 rings (SSSR count). The van der Waals surface area contributed by atoms with Crippen molar-refractivity contribution in [3.63, 3.8) is 0 Å². The molecule has 70 valence electrons. The number of carbonyl (C=O) groups is 1. The third-order valence-corrected chi connectivity index (χ3v) is 2.47. The Labute approximate surface area is 72.7 Å². The topological polar surface area (TPSA) is 46.5 Å². The van der Waals surface area contributed by atoms with Crippen LogP contribution in [0.25, 0.3) is 0 Å². The quantitative estimate of drug-likeness (QED) is 0.688. The smallest absolute Gasteiger partial charge is 0.303 e. The van der Waals surface area contributed by atoms with E-state index in [9.17, 15) is 4.79 Å². The van der Waals surface area contributed by atoms with Crippen molar-refractivity contribution in [1.82, 2.24) is 0 Å². The molecule has 0 saturated carbocycles. The van der Waals surface area contributed by atoms with Gasteiger partial charge in [-0.2, -0.15) is 0 Å². The molecule has 0 aromatic heterocycles. The molecule has 1 fully saturated rings. The van der Waals surface area contributed by atoms with E-state index in [1.54, 1.807) is 0 Å². The summed E-state index contributed by atoms with van der Waals surface area (Å²) in [6.45, 7) is 2.91. The van der Waals surface area contributed by atoms with Crippen LogP contribution in [-0.4, -0.2) is 23.3 Å². The van der Waals surface area contributed by atoms with Gasteiger partial charge in [0.1, 0.15) is 0 Å². The predicted molar refractivity (Wildman–Crippen MR) is 45.1 cm³/mol. The summed E-state index contributed by atoms with van der Waals surface area (Å²) < 4.78 is 5.45. The van der Waals surface area contributed by atoms with Gasteiger partial charge in [0, 0.05) is 6.42 Å². The fraction of sp³-hybridized carbons (Fsp3) is 0.889. The summed E-state index contributed by atoms with van der Waals surface area (Å²) >= 11 is 0. The Kier molecular flexibility index (Phi) is 3.09. The molecule has 12 heavy (non-hydrogen) atoms. The second kappa shape index (κ2) is 3.90. The molecule has 1 saturated heterocycles. The number of aliphatic carboxylic acids is 1. The number of hydrogen-bond donors (Lipinski definition) is 1. The lowest BCUT2D eigenvalue weighted by atomic mass is 9.85. The van der Waals surface area contributed by atoms with Gasteiger partial charge in [-0.05, 0) is 19.3 Å². The maximum atomic E-state index is 10.3. The van der Waals surface area contributed by atoms with Gasteiger partial charge in [0.25, 0.3) is 0 Å². The van der Waals surface area contributed by atoms with Gasteiger partial charge >= 0.3 is 5.97 Å². The Bertz CT molecular complexity index is 161. The van der Waals surface area contributed by atoms with E-state index in [0.29, 0.717) is 6.42 Å². The molecular formula is C9H16O3. The van der Waals surface area contributed by atoms with Crippen LogP contribution in [0.15, 0.2) is 0 Å². The lowest BCUT2D eigenvalue weighted by Crippen LogP contribution is -2.43. The van der Waals surface area contributed by atoms with Crippen LogP contribution in [0.5, 0.6) is 0 Å². The highest BCUT2D eigenvalue weighted by Crippen LogP contribution is 2.35. The lowest BCUT2D eigenvalue weighted by Gasteiger charge is -2.42. The van der Waals surface area contributed by atoms with Crippen molar-refractivity contribution in [2.75, 3.05) is 6.61 Å². The van der Waals surface area contributed by atoms with Crippen LogP contribution in [0, 0.1) is 0 Å². The zero-order valence-electron chi connectivity index (χ0n) is 7.51. The molecule has 0 spiro atoms. The normalized spacial score (nSPS) is 28.1. The lowest BCUT2D eigenvalue weighted by molar-refractivity contribution is -0.163. The molecule has 0 aromatic carbocycles. The molecule has 1 aliphatic rings. The van der Waals surface area contributed by atoms with E-state index in [2.05, 4.69) is 6.92 Å². The predicted octanol–water partition coefficient (Wildman–Crippen LogP) is 1.81. The standard InChI is InChI=1S/C9H16O3/c1-2-4-9(6-7-12-9)5-3-8(10)11/h2-7H2,1H3,(H,10,11). The molecule has 0 aromatic rings. The molecule has 1 aliphatic heterocycles. The molecule has 3 nitrogen and oxygen atoms in total. The van der Waals surface area contributed by atoms with Crippen LogP contribution in [0.3, 0.4) is 0 Å². The summed E-state index contributed by atoms with van der Waals surface area (Å²) in [5, 5.41) is 8.51. The van der Waals surface area contributed by atoms with Gasteiger partial charge in [-0.15, -0.1) is 0 Å². The molecular weight excluding hydrogens is 156 g/mol. The monoisotopic (exact) mass is 172 g/mol. The van der Waals surface area contributed by atoms with Crippen LogP contribution in [-0.2, 0) is 9.53 Å². The first kappa shape index (κ1) is 9.52. The number of rotatable bonds is 5. The first-order valence-electron chi connectivity index (χ1n) is 4.54. The molecule has 1 unspecified atom stereocenters. The molecule has 1 atom stereocenters. The van der Waals surface area contributed by atoms with Crippen LogP contribution >= 0.6 is 0 Å². The van der Waals surface area contributed by atoms with Crippen LogP contribution in [0.2, 0.25) is 0 Å². The Morgan fingerprint density at radius 3 is 2.58 bits per heavy atom. The summed E-state index contributed by atoms with van der Waals surface area (Å²) in [4.78, 5) is 10.3. The molecule has 0 aliphatic carbocycles. The molecule has 3 heteroatoms. The van der Waals surface area contributed by atoms with Crippen molar-refractivity contribution in [3.8, 4) is 0 Å². The summed E-state index contributed by atoms with van der Waals surface area (Å²) in [6.07, 6.45) is 4.02. The van der Waals surface area contributed by atoms with Gasteiger partial charge < -0.3 is 9.84 Å². The second-order valence-electron chi connectivity index (χ2n) is 3.43. The van der Waals surface area contributed by atoms with Crippen LogP contribution in [0.1, 0.15) is 39.0 Å². The van der Waals surface area contributed by atoms with Gasteiger partial charge in [0.05, 0.1) is 12.2 Å². The van der Waals surface area contributed by atoms with Gasteiger partial charge in [0.15, 0.2) is 0 Å². The van der Waals surface area contributed by atoms with Gasteiger partial charge in [-0.1, -0.05) is 13.3 Å².